The SMILES string of the molecule is N#Cc1ccc(N)c(NCCCCCO)c1. The monoisotopic (exact) mass is 219 g/mol. The Morgan fingerprint density at radius 1 is 1.31 bits per heavy atom. The predicted octanol–water partition coefficient (Wildman–Crippen LogP) is 1.71. The largest absolute Gasteiger partial charge is 0.397 e. The molecule has 86 valence electrons. The van der Waals surface area contributed by atoms with Crippen molar-refractivity contribution in [2.45, 2.75) is 19.3 Å². The third kappa shape index (κ3) is 3.79. The van der Waals surface area contributed by atoms with Crippen molar-refractivity contribution in [2.24, 2.45) is 0 Å². The van der Waals surface area contributed by atoms with Crippen molar-refractivity contribution < 1.29 is 5.11 Å². The van der Waals surface area contributed by atoms with Crippen LogP contribution in [0, 0.1) is 11.3 Å². The Kier molecular flexibility index (Phi) is 5.17. The lowest BCUT2D eigenvalue weighted by Gasteiger charge is -2.09. The smallest absolute Gasteiger partial charge is 0.0992 e. The number of rotatable bonds is 6. The van der Waals surface area contributed by atoms with Gasteiger partial charge >= 0.3 is 0 Å². The van der Waals surface area contributed by atoms with Crippen LogP contribution in [0.15, 0.2) is 18.2 Å². The van der Waals surface area contributed by atoms with Crippen molar-refractivity contribution in [1.82, 2.24) is 0 Å². The van der Waals surface area contributed by atoms with Crippen molar-refractivity contribution in [1.29, 1.82) is 5.26 Å². The van der Waals surface area contributed by atoms with E-state index in [4.69, 9.17) is 16.1 Å². The van der Waals surface area contributed by atoms with Gasteiger partial charge in [0.05, 0.1) is 23.0 Å². The first-order valence-corrected chi connectivity index (χ1v) is 5.42. The van der Waals surface area contributed by atoms with Crippen molar-refractivity contribution >= 4 is 11.4 Å². The first-order chi connectivity index (χ1) is 7.77. The van der Waals surface area contributed by atoms with Gasteiger partial charge in [0.2, 0.25) is 0 Å². The molecule has 0 aliphatic carbocycles. The molecule has 0 amide bonds. The van der Waals surface area contributed by atoms with Gasteiger partial charge in [0, 0.05) is 13.2 Å². The maximum absolute atomic E-state index is 8.75. The first kappa shape index (κ1) is 12.3. The van der Waals surface area contributed by atoms with E-state index in [9.17, 15) is 0 Å². The summed E-state index contributed by atoms with van der Waals surface area (Å²) in [5, 5.41) is 20.6. The Morgan fingerprint density at radius 3 is 2.81 bits per heavy atom. The minimum absolute atomic E-state index is 0.242. The number of benzene rings is 1. The van der Waals surface area contributed by atoms with Crippen LogP contribution >= 0.6 is 0 Å². The summed E-state index contributed by atoms with van der Waals surface area (Å²) in [6.07, 6.45) is 2.80. The van der Waals surface area contributed by atoms with Crippen LogP contribution in [0.4, 0.5) is 11.4 Å². The highest BCUT2D eigenvalue weighted by atomic mass is 16.2. The lowest BCUT2D eigenvalue weighted by Crippen LogP contribution is -2.04. The van der Waals surface area contributed by atoms with Gasteiger partial charge in [-0.3, -0.25) is 0 Å². The predicted molar refractivity (Wildman–Crippen MR) is 65.0 cm³/mol. The molecule has 0 spiro atoms. The molecule has 0 aromatic heterocycles. The second kappa shape index (κ2) is 6.70. The fraction of sp³-hybridized carbons (Fsp3) is 0.417. The number of nitriles is 1. The standard InChI is InChI=1S/C12H17N3O/c13-9-10-4-5-11(14)12(8-10)15-6-2-1-3-7-16/h4-5,8,15-16H,1-3,6-7,14H2. The number of nitrogens with one attached hydrogen (secondary N) is 1. The Bertz CT molecular complexity index is 371. The van der Waals surface area contributed by atoms with E-state index < -0.39 is 0 Å². The molecule has 16 heavy (non-hydrogen) atoms. The minimum Gasteiger partial charge on any atom is -0.397 e. The molecule has 4 nitrogen and oxygen atoms in total. The van der Waals surface area contributed by atoms with Gasteiger partial charge in [0.25, 0.3) is 0 Å². The third-order valence-electron chi connectivity index (χ3n) is 2.33. The maximum atomic E-state index is 8.75. The van der Waals surface area contributed by atoms with E-state index in [1.54, 1.807) is 18.2 Å². The van der Waals surface area contributed by atoms with Gasteiger partial charge < -0.3 is 16.2 Å². The summed E-state index contributed by atoms with van der Waals surface area (Å²) in [7, 11) is 0. The first-order valence-electron chi connectivity index (χ1n) is 5.42. The molecule has 0 fully saturated rings. The summed E-state index contributed by atoms with van der Waals surface area (Å²) >= 11 is 0. The van der Waals surface area contributed by atoms with Crippen LogP contribution in [0.5, 0.6) is 0 Å². The number of unbranched alkanes of at least 4 members (excludes halogenated alkanes) is 2. The maximum Gasteiger partial charge on any atom is 0.0992 e. The zero-order valence-electron chi connectivity index (χ0n) is 9.24. The van der Waals surface area contributed by atoms with E-state index in [2.05, 4.69) is 11.4 Å². The fourth-order valence-electron chi connectivity index (χ4n) is 1.42. The molecular weight excluding hydrogens is 202 g/mol. The number of hydrogen-bond acceptors (Lipinski definition) is 4. The van der Waals surface area contributed by atoms with E-state index in [-0.39, 0.29) is 6.61 Å². The number of hydrogen-bond donors (Lipinski definition) is 3. The van der Waals surface area contributed by atoms with Crippen LogP contribution in [0.3, 0.4) is 0 Å². The lowest BCUT2D eigenvalue weighted by molar-refractivity contribution is 0.283. The number of nitrogen functional groups attached to an aromatic ring is 1. The summed E-state index contributed by atoms with van der Waals surface area (Å²) in [5.74, 6) is 0. The molecule has 0 atom stereocenters. The van der Waals surface area contributed by atoms with Crippen LogP contribution in [-0.2, 0) is 0 Å². The molecule has 4 N–H and O–H groups in total. The Hall–Kier alpha value is -1.73. The van der Waals surface area contributed by atoms with Crippen molar-refractivity contribution in [3.05, 3.63) is 23.8 Å². The summed E-state index contributed by atoms with van der Waals surface area (Å²) in [6, 6.07) is 7.26. The average molecular weight is 219 g/mol. The fourth-order valence-corrected chi connectivity index (χ4v) is 1.42. The molecule has 0 saturated carbocycles. The van der Waals surface area contributed by atoms with Crippen molar-refractivity contribution in [3.63, 3.8) is 0 Å². The van der Waals surface area contributed by atoms with Gasteiger partial charge in [0.1, 0.15) is 0 Å². The van der Waals surface area contributed by atoms with Crippen LogP contribution in [0.2, 0.25) is 0 Å². The molecule has 0 heterocycles. The zero-order chi connectivity index (χ0) is 11.8. The topological polar surface area (TPSA) is 82.1 Å². The van der Waals surface area contributed by atoms with Gasteiger partial charge in [-0.15, -0.1) is 0 Å². The van der Waals surface area contributed by atoms with Gasteiger partial charge in [0.15, 0.2) is 0 Å². The minimum atomic E-state index is 0.242. The van der Waals surface area contributed by atoms with E-state index >= 15 is 0 Å². The number of anilines is 2. The quantitative estimate of drug-likeness (QED) is 0.502. The Balaban J connectivity index is 2.44. The zero-order valence-corrected chi connectivity index (χ0v) is 9.24. The molecule has 0 radical (unpaired) electrons. The molecule has 0 bridgehead atoms. The highest BCUT2D eigenvalue weighted by molar-refractivity contribution is 5.68. The molecule has 0 aliphatic heterocycles. The molecule has 0 aliphatic rings. The van der Waals surface area contributed by atoms with Crippen LogP contribution in [0.25, 0.3) is 0 Å². The Morgan fingerprint density at radius 2 is 2.12 bits per heavy atom. The highest BCUT2D eigenvalue weighted by Gasteiger charge is 1.99. The van der Waals surface area contributed by atoms with Crippen molar-refractivity contribution in [3.8, 4) is 6.07 Å². The second-order valence-corrected chi connectivity index (χ2v) is 3.62. The van der Waals surface area contributed by atoms with Gasteiger partial charge in [-0.2, -0.15) is 5.26 Å². The van der Waals surface area contributed by atoms with E-state index in [0.717, 1.165) is 31.5 Å². The molecule has 1 rings (SSSR count). The van der Waals surface area contributed by atoms with Gasteiger partial charge in [-0.05, 0) is 37.5 Å². The number of nitrogens with two attached hydrogens (primary N) is 1. The highest BCUT2D eigenvalue weighted by Crippen LogP contribution is 2.19. The number of nitrogens with zero attached hydrogens (tertiary/aromatic N) is 1. The molecule has 0 unspecified atom stereocenters. The van der Waals surface area contributed by atoms with Crippen LogP contribution in [0.1, 0.15) is 24.8 Å². The van der Waals surface area contributed by atoms with Crippen LogP contribution in [-0.4, -0.2) is 18.3 Å². The van der Waals surface area contributed by atoms with E-state index in [0.29, 0.717) is 11.3 Å². The average Bonchev–Trinajstić information content (AvgIpc) is 2.31. The molecule has 1 aromatic rings. The van der Waals surface area contributed by atoms with Gasteiger partial charge in [-0.1, -0.05) is 0 Å². The summed E-state index contributed by atoms with van der Waals surface area (Å²) < 4.78 is 0. The normalized spacial score (nSPS) is 9.75. The van der Waals surface area contributed by atoms with Crippen LogP contribution < -0.4 is 11.1 Å². The van der Waals surface area contributed by atoms with Crippen molar-refractivity contribution in [2.75, 3.05) is 24.2 Å². The van der Waals surface area contributed by atoms with E-state index in [1.807, 2.05) is 0 Å². The Labute approximate surface area is 95.7 Å². The second-order valence-electron chi connectivity index (χ2n) is 3.62. The summed E-state index contributed by atoms with van der Waals surface area (Å²) in [6.45, 7) is 1.05. The molecule has 4 heteroatoms. The summed E-state index contributed by atoms with van der Waals surface area (Å²) in [4.78, 5) is 0. The molecule has 1 aromatic carbocycles. The van der Waals surface area contributed by atoms with Gasteiger partial charge in [-0.25, -0.2) is 0 Å². The molecule has 0 saturated heterocycles. The third-order valence-corrected chi connectivity index (χ3v) is 2.33. The summed E-state index contributed by atoms with van der Waals surface area (Å²) in [5.41, 5.74) is 7.84. The molecular formula is C12H17N3O. The number of aliphatic hydroxyl groups is 1. The van der Waals surface area contributed by atoms with E-state index in [1.165, 1.54) is 0 Å². The lowest BCUT2D eigenvalue weighted by atomic mass is 10.2. The number of aliphatic hydroxyl groups excluding tert-OH is 1.